The van der Waals surface area contributed by atoms with E-state index >= 15 is 0 Å². The van der Waals surface area contributed by atoms with Gasteiger partial charge in [0.25, 0.3) is 0 Å². The number of carbonyl (C=O) groups is 1. The van der Waals surface area contributed by atoms with Crippen molar-refractivity contribution in [2.45, 2.75) is 6.92 Å². The molecule has 0 aliphatic heterocycles. The first-order chi connectivity index (χ1) is 3.18. The molecule has 0 aliphatic carbocycles. The van der Waals surface area contributed by atoms with Crippen molar-refractivity contribution in [1.29, 1.82) is 0 Å². The zero-order chi connectivity index (χ0) is 5.86. The van der Waals surface area contributed by atoms with Crippen molar-refractivity contribution in [3.05, 3.63) is 12.2 Å². The quantitative estimate of drug-likeness (QED) is 0.243. The van der Waals surface area contributed by atoms with E-state index in [9.17, 15) is 4.79 Å². The minimum Gasteiger partial charge on any atom is -0.466 e. The smallest absolute Gasteiger partial charge is 0.332 e. The first-order valence-electron chi connectivity index (χ1n) is 1.92. The van der Waals surface area contributed by atoms with E-state index in [0.29, 0.717) is 5.57 Å². The van der Waals surface area contributed by atoms with E-state index < -0.39 is 0 Å². The lowest BCUT2D eigenvalue weighted by molar-refractivity contribution is -0.136. The molecule has 0 aromatic heterocycles. The molecule has 0 aromatic carbocycles. The highest BCUT2D eigenvalue weighted by Gasteiger charge is 1.95. The number of methoxy groups -OCH3 is 1. The van der Waals surface area contributed by atoms with Gasteiger partial charge >= 0.3 is 5.97 Å². The first kappa shape index (κ1) is 183. The van der Waals surface area contributed by atoms with Crippen molar-refractivity contribution in [2.75, 3.05) is 7.11 Å². The lowest BCUT2D eigenvalue weighted by Crippen LogP contribution is -1.98. The molecular formula is C5H41N11O2. The van der Waals surface area contributed by atoms with Gasteiger partial charge in [0.1, 0.15) is 0 Å². The fourth-order valence-electron chi connectivity index (χ4n) is 0.174. The van der Waals surface area contributed by atoms with Gasteiger partial charge in [-0.1, -0.05) is 6.58 Å². The fraction of sp³-hybridized carbons (Fsp3) is 0.400. The zero-order valence-electron chi connectivity index (χ0n) is 12.3. The van der Waals surface area contributed by atoms with Gasteiger partial charge in [0, 0.05) is 5.57 Å². The summed E-state index contributed by atoms with van der Waals surface area (Å²) >= 11 is 0. The molecule has 0 aromatic rings. The van der Waals surface area contributed by atoms with Crippen LogP contribution in [0.15, 0.2) is 12.2 Å². The molecule has 0 saturated heterocycles. The van der Waals surface area contributed by atoms with Crippen LogP contribution in [0.4, 0.5) is 0 Å². The van der Waals surface area contributed by atoms with Crippen molar-refractivity contribution in [3.63, 3.8) is 0 Å². The molecule has 0 heterocycles. The Labute approximate surface area is 110 Å². The van der Waals surface area contributed by atoms with Crippen LogP contribution in [-0.2, 0) is 9.53 Å². The second kappa shape index (κ2) is 103. The molecule has 33 N–H and O–H groups in total. The predicted octanol–water partition coefficient (Wildman–Crippen LogP) is 2.52. The highest BCUT2D eigenvalue weighted by Crippen LogP contribution is 1.87. The Kier molecular flexibility index (Phi) is 1050. The molecule has 0 unspecified atom stereocenters. The Bertz CT molecular complexity index is 112. The average Bonchev–Trinajstić information content (AvgIpc) is 1.65. The summed E-state index contributed by atoms with van der Waals surface area (Å²) in [5, 5.41) is 0. The van der Waals surface area contributed by atoms with Gasteiger partial charge in [0.2, 0.25) is 0 Å². The maximum atomic E-state index is 10.2. The summed E-state index contributed by atoms with van der Waals surface area (Å²) in [6.07, 6.45) is 0. The van der Waals surface area contributed by atoms with Crippen molar-refractivity contribution in [1.82, 2.24) is 67.7 Å². The third-order valence-corrected chi connectivity index (χ3v) is 0.534. The van der Waals surface area contributed by atoms with E-state index in [2.05, 4.69) is 11.3 Å². The summed E-state index contributed by atoms with van der Waals surface area (Å²) < 4.78 is 4.27. The molecule has 0 spiro atoms. The lowest BCUT2D eigenvalue weighted by atomic mass is 10.4. The molecule has 0 bridgehead atoms. The van der Waals surface area contributed by atoms with E-state index in [4.69, 9.17) is 0 Å². The van der Waals surface area contributed by atoms with Crippen LogP contribution < -0.4 is 67.7 Å². The van der Waals surface area contributed by atoms with Crippen molar-refractivity contribution in [3.8, 4) is 0 Å². The van der Waals surface area contributed by atoms with E-state index in [-0.39, 0.29) is 73.6 Å². The van der Waals surface area contributed by atoms with Crippen LogP contribution in [0, 0.1) is 0 Å². The molecule has 0 saturated carbocycles. The van der Waals surface area contributed by atoms with E-state index in [0.717, 1.165) is 0 Å². The Morgan fingerprint density at radius 3 is 0.889 bits per heavy atom. The number of hydrogen-bond donors (Lipinski definition) is 11. The molecule has 0 fully saturated rings. The van der Waals surface area contributed by atoms with Crippen molar-refractivity contribution < 1.29 is 9.53 Å². The third kappa shape index (κ3) is 123. The third-order valence-electron chi connectivity index (χ3n) is 0.534. The lowest BCUT2D eigenvalue weighted by Gasteiger charge is -1.91. The van der Waals surface area contributed by atoms with Gasteiger partial charge in [0.15, 0.2) is 0 Å². The Morgan fingerprint density at radius 1 is 0.722 bits per heavy atom. The van der Waals surface area contributed by atoms with Crippen LogP contribution in [-0.4, -0.2) is 13.1 Å². The average molecular weight is 287 g/mol. The van der Waals surface area contributed by atoms with Gasteiger partial charge in [-0.3, -0.25) is 0 Å². The van der Waals surface area contributed by atoms with Gasteiger partial charge in [-0.2, -0.15) is 0 Å². The van der Waals surface area contributed by atoms with Crippen LogP contribution in [0.5, 0.6) is 0 Å². The minimum absolute atomic E-state index is 0. The molecule has 0 radical (unpaired) electrons. The normalized spacial score (nSPS) is 3.00. The second-order valence-corrected chi connectivity index (χ2v) is 1.27. The van der Waals surface area contributed by atoms with Gasteiger partial charge in [-0.05, 0) is 6.92 Å². The van der Waals surface area contributed by atoms with Crippen LogP contribution in [0.3, 0.4) is 0 Å². The summed E-state index contributed by atoms with van der Waals surface area (Å²) in [7, 11) is 1.33. The molecule has 128 valence electrons. The Morgan fingerprint density at radius 2 is 0.889 bits per heavy atom. The summed E-state index contributed by atoms with van der Waals surface area (Å²) in [5.74, 6) is -0.347. The minimum atomic E-state index is -0.347. The SMILES string of the molecule is C=C(C)C(=O)OC.N.N.N.N.N.N.N.N.N.N.N. The monoisotopic (exact) mass is 287 g/mol. The largest absolute Gasteiger partial charge is 0.466 e. The van der Waals surface area contributed by atoms with Gasteiger partial charge < -0.3 is 72.4 Å². The van der Waals surface area contributed by atoms with E-state index in [1.165, 1.54) is 7.11 Å². The Balaban J connectivity index is -0.00000000327. The van der Waals surface area contributed by atoms with Crippen LogP contribution >= 0.6 is 0 Å². The Hall–Kier alpha value is -1.23. The van der Waals surface area contributed by atoms with E-state index in [1.807, 2.05) is 0 Å². The number of ether oxygens (including phenoxy) is 1. The molecule has 0 amide bonds. The van der Waals surface area contributed by atoms with Crippen LogP contribution in [0.2, 0.25) is 0 Å². The summed E-state index contributed by atoms with van der Waals surface area (Å²) in [4.78, 5) is 10.2. The number of esters is 1. The molecular weight excluding hydrogens is 246 g/mol. The van der Waals surface area contributed by atoms with Crippen LogP contribution in [0.25, 0.3) is 0 Å². The first-order valence-corrected chi connectivity index (χ1v) is 1.92. The van der Waals surface area contributed by atoms with Gasteiger partial charge in [0.05, 0.1) is 7.11 Å². The fourth-order valence-corrected chi connectivity index (χ4v) is 0.174. The highest BCUT2D eigenvalue weighted by molar-refractivity contribution is 5.86. The number of carbonyl (C=O) groups excluding carboxylic acids is 1. The van der Waals surface area contributed by atoms with Gasteiger partial charge in [-0.15, -0.1) is 0 Å². The molecule has 0 rings (SSSR count). The zero-order valence-corrected chi connectivity index (χ0v) is 12.3. The maximum Gasteiger partial charge on any atom is 0.332 e. The number of hydrogen-bond acceptors (Lipinski definition) is 13. The topological polar surface area (TPSA) is 411 Å². The molecule has 0 aliphatic rings. The maximum absolute atomic E-state index is 10.2. The highest BCUT2D eigenvalue weighted by atomic mass is 16.5. The second-order valence-electron chi connectivity index (χ2n) is 1.27. The molecule has 13 heteroatoms. The number of rotatable bonds is 1. The van der Waals surface area contributed by atoms with Gasteiger partial charge in [-0.25, -0.2) is 4.79 Å². The van der Waals surface area contributed by atoms with E-state index in [1.54, 1.807) is 6.92 Å². The summed E-state index contributed by atoms with van der Waals surface area (Å²) in [6, 6.07) is 0. The van der Waals surface area contributed by atoms with Crippen molar-refractivity contribution >= 4 is 5.97 Å². The molecule has 0 atom stereocenters. The standard InChI is InChI=1S/C5H8O2.11H3N/c1-4(2)5(6)7-3;;;;;;;;;;;/h1H2,2-3H3;11*1H3. The summed E-state index contributed by atoms with van der Waals surface area (Å²) in [6.45, 7) is 4.95. The summed E-state index contributed by atoms with van der Waals surface area (Å²) in [5.41, 5.74) is 0.433. The van der Waals surface area contributed by atoms with Crippen LogP contribution in [0.1, 0.15) is 6.92 Å². The van der Waals surface area contributed by atoms with Crippen molar-refractivity contribution in [2.24, 2.45) is 0 Å². The predicted molar refractivity (Wildman–Crippen MR) is 82.1 cm³/mol. The molecule has 18 heavy (non-hydrogen) atoms. The molecule has 13 nitrogen and oxygen atoms in total.